The number of methoxy groups -OCH3 is 1. The molecule has 0 heterocycles. The number of rotatable bonds is 8. The predicted molar refractivity (Wildman–Crippen MR) is 84.4 cm³/mol. The first-order chi connectivity index (χ1) is 9.95. The number of carbonyl (C=O) groups is 1. The van der Waals surface area contributed by atoms with Crippen molar-refractivity contribution in [2.24, 2.45) is 0 Å². The molecule has 1 rings (SSSR count). The standard InChI is InChI=1S/C16H32N2O3/c1-6-21-15(19)16(17-13(2)3)9-7-8-14(12-16)18(4)10-11-20-5/h13-14,17H,6-12H2,1-5H3. The number of nitrogens with one attached hydrogen (secondary N) is 1. The van der Waals surface area contributed by atoms with Gasteiger partial charge in [-0.05, 0) is 53.5 Å². The maximum absolute atomic E-state index is 12.5. The summed E-state index contributed by atoms with van der Waals surface area (Å²) in [7, 11) is 3.83. The Morgan fingerprint density at radius 1 is 1.48 bits per heavy atom. The minimum absolute atomic E-state index is 0.0939. The summed E-state index contributed by atoms with van der Waals surface area (Å²) in [6.45, 7) is 8.08. The number of hydrogen-bond acceptors (Lipinski definition) is 5. The van der Waals surface area contributed by atoms with Crippen molar-refractivity contribution >= 4 is 5.97 Å². The minimum Gasteiger partial charge on any atom is -0.465 e. The van der Waals surface area contributed by atoms with Crippen LogP contribution >= 0.6 is 0 Å². The first-order valence-electron chi connectivity index (χ1n) is 8.09. The average Bonchev–Trinajstić information content (AvgIpc) is 2.44. The van der Waals surface area contributed by atoms with Crippen LogP contribution in [0.2, 0.25) is 0 Å². The van der Waals surface area contributed by atoms with Crippen LogP contribution in [0.4, 0.5) is 0 Å². The first kappa shape index (κ1) is 18.4. The van der Waals surface area contributed by atoms with Crippen molar-refractivity contribution in [2.45, 2.75) is 64.1 Å². The minimum atomic E-state index is -0.533. The van der Waals surface area contributed by atoms with E-state index in [4.69, 9.17) is 9.47 Å². The maximum Gasteiger partial charge on any atom is 0.326 e. The summed E-state index contributed by atoms with van der Waals surface area (Å²) in [6.07, 6.45) is 3.84. The Bertz CT molecular complexity index is 323. The van der Waals surface area contributed by atoms with Crippen molar-refractivity contribution in [3.63, 3.8) is 0 Å². The summed E-state index contributed by atoms with van der Waals surface area (Å²) in [5.41, 5.74) is -0.533. The van der Waals surface area contributed by atoms with Crippen LogP contribution in [0, 0.1) is 0 Å². The number of carbonyl (C=O) groups excluding carboxylic acids is 1. The third-order valence-electron chi connectivity index (χ3n) is 4.23. The molecule has 1 saturated carbocycles. The molecule has 0 radical (unpaired) electrons. The van der Waals surface area contributed by atoms with Gasteiger partial charge in [0.15, 0.2) is 0 Å². The summed E-state index contributed by atoms with van der Waals surface area (Å²) in [5, 5.41) is 3.49. The van der Waals surface area contributed by atoms with E-state index in [9.17, 15) is 4.79 Å². The molecule has 2 atom stereocenters. The molecule has 0 aromatic rings. The van der Waals surface area contributed by atoms with Crippen LogP contribution in [0.3, 0.4) is 0 Å². The fraction of sp³-hybridized carbons (Fsp3) is 0.938. The molecule has 0 bridgehead atoms. The monoisotopic (exact) mass is 300 g/mol. The van der Waals surface area contributed by atoms with Crippen LogP contribution in [-0.4, -0.2) is 62.4 Å². The molecular formula is C16H32N2O3. The molecule has 5 nitrogen and oxygen atoms in total. The lowest BCUT2D eigenvalue weighted by atomic mass is 9.78. The Labute approximate surface area is 129 Å². The van der Waals surface area contributed by atoms with Gasteiger partial charge in [-0.15, -0.1) is 0 Å². The van der Waals surface area contributed by atoms with E-state index in [1.165, 1.54) is 0 Å². The van der Waals surface area contributed by atoms with Gasteiger partial charge >= 0.3 is 5.97 Å². The van der Waals surface area contributed by atoms with Crippen molar-refractivity contribution in [1.29, 1.82) is 0 Å². The number of nitrogens with zero attached hydrogens (tertiary/aromatic N) is 1. The average molecular weight is 300 g/mol. The zero-order chi connectivity index (χ0) is 15.9. The summed E-state index contributed by atoms with van der Waals surface area (Å²) >= 11 is 0. The van der Waals surface area contributed by atoms with Gasteiger partial charge in [-0.25, -0.2) is 0 Å². The number of esters is 1. The molecule has 0 saturated heterocycles. The fourth-order valence-electron chi connectivity index (χ4n) is 3.24. The van der Waals surface area contributed by atoms with Gasteiger partial charge in [0.25, 0.3) is 0 Å². The van der Waals surface area contributed by atoms with Gasteiger partial charge in [0, 0.05) is 25.7 Å². The van der Waals surface area contributed by atoms with Gasteiger partial charge < -0.3 is 14.4 Å². The largest absolute Gasteiger partial charge is 0.465 e. The summed E-state index contributed by atoms with van der Waals surface area (Å²) in [4.78, 5) is 14.8. The van der Waals surface area contributed by atoms with Gasteiger partial charge in [0.1, 0.15) is 5.54 Å². The van der Waals surface area contributed by atoms with Crippen LogP contribution in [-0.2, 0) is 14.3 Å². The molecule has 124 valence electrons. The van der Waals surface area contributed by atoms with Crippen molar-refractivity contribution < 1.29 is 14.3 Å². The van der Waals surface area contributed by atoms with Crippen LogP contribution in [0.5, 0.6) is 0 Å². The Kier molecular flexibility index (Phi) is 7.63. The SMILES string of the molecule is CCOC(=O)C1(NC(C)C)CCCC(N(C)CCOC)C1. The Morgan fingerprint density at radius 2 is 2.19 bits per heavy atom. The fourth-order valence-corrected chi connectivity index (χ4v) is 3.24. The number of hydrogen-bond donors (Lipinski definition) is 1. The Morgan fingerprint density at radius 3 is 2.76 bits per heavy atom. The third-order valence-corrected chi connectivity index (χ3v) is 4.23. The van der Waals surface area contributed by atoms with Crippen molar-refractivity contribution in [2.75, 3.05) is 33.9 Å². The van der Waals surface area contributed by atoms with Crippen molar-refractivity contribution in [1.82, 2.24) is 10.2 Å². The van der Waals surface area contributed by atoms with Crippen LogP contribution in [0.1, 0.15) is 46.5 Å². The Hall–Kier alpha value is -0.650. The zero-order valence-corrected chi connectivity index (χ0v) is 14.3. The topological polar surface area (TPSA) is 50.8 Å². The van der Waals surface area contributed by atoms with Gasteiger partial charge in [-0.3, -0.25) is 10.1 Å². The smallest absolute Gasteiger partial charge is 0.326 e. The normalized spacial score (nSPS) is 26.3. The van der Waals surface area contributed by atoms with E-state index in [0.717, 1.165) is 38.8 Å². The van der Waals surface area contributed by atoms with Gasteiger partial charge in [0.2, 0.25) is 0 Å². The number of likely N-dealkylation sites (N-methyl/N-ethyl adjacent to an activating group) is 1. The molecule has 0 spiro atoms. The molecule has 21 heavy (non-hydrogen) atoms. The second-order valence-corrected chi connectivity index (χ2v) is 6.33. The van der Waals surface area contributed by atoms with E-state index in [1.807, 2.05) is 6.92 Å². The molecule has 1 aliphatic rings. The maximum atomic E-state index is 12.5. The van der Waals surface area contributed by atoms with Crippen molar-refractivity contribution in [3.8, 4) is 0 Å². The lowest BCUT2D eigenvalue weighted by Crippen LogP contribution is -2.60. The van der Waals surface area contributed by atoms with Gasteiger partial charge in [-0.2, -0.15) is 0 Å². The highest BCUT2D eigenvalue weighted by molar-refractivity contribution is 5.81. The van der Waals surface area contributed by atoms with Crippen molar-refractivity contribution in [3.05, 3.63) is 0 Å². The molecule has 0 amide bonds. The second-order valence-electron chi connectivity index (χ2n) is 6.33. The molecule has 5 heteroatoms. The highest BCUT2D eigenvalue weighted by atomic mass is 16.5. The molecule has 1 N–H and O–H groups in total. The highest BCUT2D eigenvalue weighted by Gasteiger charge is 2.45. The van der Waals surface area contributed by atoms with E-state index in [-0.39, 0.29) is 12.0 Å². The van der Waals surface area contributed by atoms with E-state index >= 15 is 0 Å². The Balaban J connectivity index is 2.79. The zero-order valence-electron chi connectivity index (χ0n) is 14.3. The molecule has 1 fully saturated rings. The van der Waals surface area contributed by atoms with Gasteiger partial charge in [0.05, 0.1) is 13.2 Å². The van der Waals surface area contributed by atoms with Gasteiger partial charge in [-0.1, -0.05) is 0 Å². The third kappa shape index (κ3) is 5.24. The first-order valence-corrected chi connectivity index (χ1v) is 8.09. The van der Waals surface area contributed by atoms with Crippen LogP contribution in [0.15, 0.2) is 0 Å². The summed E-state index contributed by atoms with van der Waals surface area (Å²) in [6, 6.07) is 0.655. The number of ether oxygens (including phenoxy) is 2. The summed E-state index contributed by atoms with van der Waals surface area (Å²) < 4.78 is 10.5. The molecule has 2 unspecified atom stereocenters. The van der Waals surface area contributed by atoms with E-state index in [0.29, 0.717) is 12.6 Å². The molecule has 0 aliphatic heterocycles. The van der Waals surface area contributed by atoms with E-state index < -0.39 is 5.54 Å². The second kappa shape index (κ2) is 8.71. The summed E-state index contributed by atoms with van der Waals surface area (Å²) in [5.74, 6) is -0.0939. The molecule has 1 aliphatic carbocycles. The lowest BCUT2D eigenvalue weighted by Gasteiger charge is -2.43. The van der Waals surface area contributed by atoms with Crippen LogP contribution in [0.25, 0.3) is 0 Å². The predicted octanol–water partition coefficient (Wildman–Crippen LogP) is 1.81. The molecule has 0 aromatic heterocycles. The van der Waals surface area contributed by atoms with E-state index in [1.54, 1.807) is 7.11 Å². The quantitative estimate of drug-likeness (QED) is 0.693. The molecular weight excluding hydrogens is 268 g/mol. The van der Waals surface area contributed by atoms with E-state index in [2.05, 4.69) is 31.1 Å². The molecule has 0 aromatic carbocycles. The lowest BCUT2D eigenvalue weighted by molar-refractivity contribution is -0.154. The van der Waals surface area contributed by atoms with Crippen LogP contribution < -0.4 is 5.32 Å². The highest BCUT2D eigenvalue weighted by Crippen LogP contribution is 2.32.